The predicted molar refractivity (Wildman–Crippen MR) is 84.7 cm³/mol. The van der Waals surface area contributed by atoms with Crippen molar-refractivity contribution in [2.24, 2.45) is 0 Å². The molecule has 2 atom stereocenters. The molecule has 118 valence electrons. The van der Waals surface area contributed by atoms with Gasteiger partial charge in [-0.2, -0.15) is 0 Å². The van der Waals surface area contributed by atoms with Crippen LogP contribution < -0.4 is 10.1 Å². The van der Waals surface area contributed by atoms with Crippen molar-refractivity contribution in [1.82, 2.24) is 5.32 Å². The van der Waals surface area contributed by atoms with Crippen LogP contribution in [-0.4, -0.2) is 23.5 Å². The van der Waals surface area contributed by atoms with Crippen molar-refractivity contribution in [1.29, 1.82) is 0 Å². The first-order valence-electron chi connectivity index (χ1n) is 7.34. The molecule has 0 saturated heterocycles. The van der Waals surface area contributed by atoms with E-state index in [-0.39, 0.29) is 23.2 Å². The number of nitro groups is 1. The van der Waals surface area contributed by atoms with Crippen LogP contribution in [0.4, 0.5) is 5.69 Å². The van der Waals surface area contributed by atoms with Gasteiger partial charge in [0.25, 0.3) is 11.6 Å². The van der Waals surface area contributed by atoms with E-state index in [2.05, 4.69) is 5.32 Å². The fraction of sp³-hybridized carbons (Fsp3) is 0.235. The number of rotatable bonds is 4. The molecule has 2 aromatic carbocycles. The van der Waals surface area contributed by atoms with E-state index in [1.807, 2.05) is 31.2 Å². The highest BCUT2D eigenvalue weighted by Crippen LogP contribution is 2.35. The van der Waals surface area contributed by atoms with Crippen molar-refractivity contribution in [3.63, 3.8) is 0 Å². The van der Waals surface area contributed by atoms with Gasteiger partial charge in [-0.15, -0.1) is 0 Å². The molecule has 1 heterocycles. The number of nitro benzene ring substituents is 1. The Morgan fingerprint density at radius 2 is 1.96 bits per heavy atom. The monoisotopic (exact) mass is 312 g/mol. The summed E-state index contributed by atoms with van der Waals surface area (Å²) in [5.74, 6) is 0.399. The third-order valence-corrected chi connectivity index (χ3v) is 4.04. The average molecular weight is 312 g/mol. The number of amides is 1. The fourth-order valence-corrected chi connectivity index (χ4v) is 2.81. The van der Waals surface area contributed by atoms with Crippen LogP contribution in [0, 0.1) is 10.1 Å². The molecule has 0 fully saturated rings. The Morgan fingerprint density at radius 1 is 1.26 bits per heavy atom. The number of carbonyl (C=O) groups excluding carboxylic acids is 1. The molecule has 23 heavy (non-hydrogen) atoms. The van der Waals surface area contributed by atoms with E-state index >= 15 is 0 Å². The summed E-state index contributed by atoms with van der Waals surface area (Å²) < 4.78 is 5.62. The summed E-state index contributed by atoms with van der Waals surface area (Å²) in [5, 5.41) is 13.9. The second kappa shape index (κ2) is 6.08. The van der Waals surface area contributed by atoms with Gasteiger partial charge in [-0.3, -0.25) is 14.9 Å². The van der Waals surface area contributed by atoms with Crippen molar-refractivity contribution in [2.75, 3.05) is 6.61 Å². The van der Waals surface area contributed by atoms with E-state index in [4.69, 9.17) is 4.74 Å². The number of nitrogens with one attached hydrogen (secondary N) is 1. The summed E-state index contributed by atoms with van der Waals surface area (Å²) in [6.45, 7) is 2.36. The second-order valence-corrected chi connectivity index (χ2v) is 5.49. The Kier molecular flexibility index (Phi) is 3.97. The van der Waals surface area contributed by atoms with Crippen molar-refractivity contribution in [2.45, 2.75) is 18.9 Å². The van der Waals surface area contributed by atoms with Crippen molar-refractivity contribution in [3.8, 4) is 5.75 Å². The molecule has 6 nitrogen and oxygen atoms in total. The lowest BCUT2D eigenvalue weighted by molar-refractivity contribution is -0.385. The summed E-state index contributed by atoms with van der Waals surface area (Å²) in [7, 11) is 0. The normalized spacial score (nSPS) is 17.0. The van der Waals surface area contributed by atoms with Crippen LogP contribution in [0.2, 0.25) is 0 Å². The minimum Gasteiger partial charge on any atom is -0.493 e. The number of hydrogen-bond donors (Lipinski definition) is 1. The van der Waals surface area contributed by atoms with Crippen molar-refractivity contribution >= 4 is 11.6 Å². The zero-order valence-electron chi connectivity index (χ0n) is 12.6. The fourth-order valence-electron chi connectivity index (χ4n) is 2.81. The van der Waals surface area contributed by atoms with Crippen molar-refractivity contribution < 1.29 is 14.5 Å². The third-order valence-electron chi connectivity index (χ3n) is 4.04. The van der Waals surface area contributed by atoms with Gasteiger partial charge >= 0.3 is 0 Å². The molecule has 1 aliphatic rings. The largest absolute Gasteiger partial charge is 0.493 e. The van der Waals surface area contributed by atoms with E-state index < -0.39 is 10.8 Å². The molecule has 0 bridgehead atoms. The molecule has 6 heteroatoms. The maximum absolute atomic E-state index is 12.4. The third kappa shape index (κ3) is 2.88. The lowest BCUT2D eigenvalue weighted by atomic mass is 9.94. The van der Waals surface area contributed by atoms with Crippen LogP contribution in [-0.2, 0) is 0 Å². The molecule has 1 aliphatic heterocycles. The first-order chi connectivity index (χ1) is 11.1. The minimum atomic E-state index is -0.548. The number of para-hydroxylation sites is 2. The first kappa shape index (κ1) is 15.0. The molecule has 0 spiro atoms. The molecule has 0 aromatic heterocycles. The van der Waals surface area contributed by atoms with Gasteiger partial charge in [-0.05, 0) is 19.1 Å². The van der Waals surface area contributed by atoms with Crippen LogP contribution >= 0.6 is 0 Å². The van der Waals surface area contributed by atoms with Crippen LogP contribution in [0.25, 0.3) is 0 Å². The highest BCUT2D eigenvalue weighted by atomic mass is 16.6. The molecule has 1 amide bonds. The standard InChI is InChI=1S/C17H16N2O4/c1-11(14-10-23-16-9-5-3-6-12(14)16)18-17(20)13-7-2-4-8-15(13)19(21)22/h2-9,11,14H,10H2,1H3,(H,18,20)/t11-,14+/m0/s1. The lowest BCUT2D eigenvalue weighted by Crippen LogP contribution is -2.37. The maximum atomic E-state index is 12.4. The van der Waals surface area contributed by atoms with Gasteiger partial charge in [0.2, 0.25) is 0 Å². The van der Waals surface area contributed by atoms with Gasteiger partial charge in [0.1, 0.15) is 11.3 Å². The van der Waals surface area contributed by atoms with Crippen LogP contribution in [0.3, 0.4) is 0 Å². The van der Waals surface area contributed by atoms with E-state index in [1.54, 1.807) is 12.1 Å². The molecular formula is C17H16N2O4. The molecule has 0 aliphatic carbocycles. The summed E-state index contributed by atoms with van der Waals surface area (Å²) in [5.41, 5.74) is 0.916. The number of hydrogen-bond acceptors (Lipinski definition) is 4. The SMILES string of the molecule is C[C@H](NC(=O)c1ccccc1[N+](=O)[O-])[C@H]1COc2ccccc21. The van der Waals surface area contributed by atoms with Gasteiger partial charge in [0.05, 0.1) is 11.5 Å². The number of ether oxygens (including phenoxy) is 1. The summed E-state index contributed by atoms with van der Waals surface area (Å²) in [6.07, 6.45) is 0. The Labute approximate surface area is 133 Å². The Morgan fingerprint density at radius 3 is 2.74 bits per heavy atom. The van der Waals surface area contributed by atoms with Crippen LogP contribution in [0.5, 0.6) is 5.75 Å². The number of carbonyl (C=O) groups is 1. The van der Waals surface area contributed by atoms with E-state index in [9.17, 15) is 14.9 Å². The highest BCUT2D eigenvalue weighted by molar-refractivity contribution is 5.98. The van der Waals surface area contributed by atoms with Gasteiger partial charge < -0.3 is 10.1 Å². The van der Waals surface area contributed by atoms with Crippen LogP contribution in [0.1, 0.15) is 28.8 Å². The Hall–Kier alpha value is -2.89. The van der Waals surface area contributed by atoms with Gasteiger partial charge in [-0.25, -0.2) is 0 Å². The summed E-state index contributed by atoms with van der Waals surface area (Å²) in [6, 6.07) is 13.4. The molecule has 1 N–H and O–H groups in total. The number of benzene rings is 2. The molecule has 0 unspecified atom stereocenters. The molecule has 0 saturated carbocycles. The summed E-state index contributed by atoms with van der Waals surface area (Å²) >= 11 is 0. The second-order valence-electron chi connectivity index (χ2n) is 5.49. The zero-order valence-corrected chi connectivity index (χ0v) is 12.6. The quantitative estimate of drug-likeness (QED) is 0.695. The van der Waals surface area contributed by atoms with Gasteiger partial charge in [0.15, 0.2) is 0 Å². The predicted octanol–water partition coefficient (Wildman–Crippen LogP) is 2.89. The molecule has 2 aromatic rings. The Bertz CT molecular complexity index is 760. The lowest BCUT2D eigenvalue weighted by Gasteiger charge is -2.20. The van der Waals surface area contributed by atoms with Gasteiger partial charge in [-0.1, -0.05) is 30.3 Å². The smallest absolute Gasteiger partial charge is 0.282 e. The zero-order chi connectivity index (χ0) is 16.4. The van der Waals surface area contributed by atoms with E-state index in [0.29, 0.717) is 6.61 Å². The topological polar surface area (TPSA) is 81.5 Å². The summed E-state index contributed by atoms with van der Waals surface area (Å²) in [4.78, 5) is 22.9. The molecule has 3 rings (SSSR count). The van der Waals surface area contributed by atoms with E-state index in [0.717, 1.165) is 11.3 Å². The van der Waals surface area contributed by atoms with Gasteiger partial charge in [0, 0.05) is 23.6 Å². The van der Waals surface area contributed by atoms with Crippen molar-refractivity contribution in [3.05, 3.63) is 69.8 Å². The number of fused-ring (bicyclic) bond motifs is 1. The first-order valence-corrected chi connectivity index (χ1v) is 7.34. The minimum absolute atomic E-state index is 0.0259. The number of nitrogens with zero attached hydrogens (tertiary/aromatic N) is 1. The Balaban J connectivity index is 1.78. The highest BCUT2D eigenvalue weighted by Gasteiger charge is 2.30. The average Bonchev–Trinajstić information content (AvgIpc) is 2.98. The van der Waals surface area contributed by atoms with E-state index in [1.165, 1.54) is 12.1 Å². The maximum Gasteiger partial charge on any atom is 0.282 e. The van der Waals surface area contributed by atoms with Crippen LogP contribution in [0.15, 0.2) is 48.5 Å². The molecular weight excluding hydrogens is 296 g/mol. The molecule has 0 radical (unpaired) electrons.